The van der Waals surface area contributed by atoms with Crippen molar-refractivity contribution in [1.82, 2.24) is 29.4 Å². The van der Waals surface area contributed by atoms with Crippen LogP contribution in [-0.2, 0) is 24.9 Å². The number of hydrogen-bond donors (Lipinski definition) is 0. The highest BCUT2D eigenvalue weighted by atomic mass is 19.3. The molecule has 1 aromatic carbocycles. The molecule has 4 rings (SSSR count). The maximum absolute atomic E-state index is 13.9. The first kappa shape index (κ1) is 21.6. The average molecular weight is 438 g/mol. The molecule has 9 heteroatoms. The number of fused-ring (bicyclic) bond motifs is 1. The van der Waals surface area contributed by atoms with Crippen molar-refractivity contribution in [2.45, 2.75) is 33.4 Å². The summed E-state index contributed by atoms with van der Waals surface area (Å²) in [6.45, 7) is 3.83. The van der Waals surface area contributed by atoms with Crippen LogP contribution in [0.5, 0.6) is 0 Å². The number of benzene rings is 1. The Morgan fingerprint density at radius 1 is 1.12 bits per heavy atom. The minimum absolute atomic E-state index is 0.103. The molecule has 0 aliphatic carbocycles. The van der Waals surface area contributed by atoms with Crippen LogP contribution < -0.4 is 0 Å². The Labute approximate surface area is 184 Å². The lowest BCUT2D eigenvalue weighted by molar-refractivity contribution is -0.131. The zero-order valence-electron chi connectivity index (χ0n) is 18.4. The molecular weight excluding hydrogens is 414 g/mol. The van der Waals surface area contributed by atoms with Gasteiger partial charge in [-0.3, -0.25) is 9.48 Å². The number of hydrogen-bond acceptors (Lipinski definition) is 4. The molecule has 0 radical (unpaired) electrons. The maximum Gasteiger partial charge on any atom is 0.264 e. The van der Waals surface area contributed by atoms with Crippen molar-refractivity contribution in [3.8, 4) is 11.3 Å². The molecule has 0 fully saturated rings. The Balaban J connectivity index is 1.70. The van der Waals surface area contributed by atoms with E-state index in [1.54, 1.807) is 23.6 Å². The Morgan fingerprint density at radius 2 is 1.84 bits per heavy atom. The Hall–Kier alpha value is -3.62. The lowest BCUT2D eigenvalue weighted by Crippen LogP contribution is -2.30. The highest BCUT2D eigenvalue weighted by Gasteiger charge is 2.23. The monoisotopic (exact) mass is 438 g/mol. The van der Waals surface area contributed by atoms with Gasteiger partial charge in [-0.1, -0.05) is 30.3 Å². The van der Waals surface area contributed by atoms with E-state index >= 15 is 0 Å². The van der Waals surface area contributed by atoms with Gasteiger partial charge in [-0.2, -0.15) is 10.2 Å². The standard InChI is InChI=1S/C23H24F2N6O/c1-14-17(12-30(4)27-14)11-29(3)20(32)13-31-23-21(15(2)28-31)18(22(24)25)10-19(26-23)16-8-6-5-7-9-16/h5-10,12,22H,11,13H2,1-4H3. The quantitative estimate of drug-likeness (QED) is 0.456. The number of pyridine rings is 1. The van der Waals surface area contributed by atoms with Gasteiger partial charge in [0.2, 0.25) is 5.91 Å². The van der Waals surface area contributed by atoms with E-state index in [-0.39, 0.29) is 23.7 Å². The molecule has 0 saturated heterocycles. The van der Waals surface area contributed by atoms with E-state index in [1.807, 2.05) is 50.5 Å². The van der Waals surface area contributed by atoms with Gasteiger partial charge in [-0.25, -0.2) is 18.4 Å². The molecular formula is C23H24F2N6O. The van der Waals surface area contributed by atoms with Crippen LogP contribution in [0.2, 0.25) is 0 Å². The molecule has 4 aromatic rings. The van der Waals surface area contributed by atoms with Crippen LogP contribution in [-0.4, -0.2) is 42.4 Å². The molecule has 0 unspecified atom stereocenters. The summed E-state index contributed by atoms with van der Waals surface area (Å²) in [7, 11) is 3.52. The number of halogens is 2. The fraction of sp³-hybridized carbons (Fsp3) is 0.304. The molecule has 0 aliphatic rings. The summed E-state index contributed by atoms with van der Waals surface area (Å²) >= 11 is 0. The van der Waals surface area contributed by atoms with Crippen molar-refractivity contribution in [1.29, 1.82) is 0 Å². The fourth-order valence-corrected chi connectivity index (χ4v) is 3.82. The molecule has 3 aromatic heterocycles. The minimum atomic E-state index is -2.69. The van der Waals surface area contributed by atoms with E-state index in [0.717, 1.165) is 16.8 Å². The molecule has 0 saturated carbocycles. The third-order valence-electron chi connectivity index (χ3n) is 5.45. The first-order valence-corrected chi connectivity index (χ1v) is 10.2. The van der Waals surface area contributed by atoms with Crippen molar-refractivity contribution in [2.24, 2.45) is 7.05 Å². The van der Waals surface area contributed by atoms with E-state index in [9.17, 15) is 13.6 Å². The smallest absolute Gasteiger partial charge is 0.264 e. The van der Waals surface area contributed by atoms with Crippen molar-refractivity contribution in [3.05, 3.63) is 65.1 Å². The third-order valence-corrected chi connectivity index (χ3v) is 5.45. The maximum atomic E-state index is 13.9. The molecule has 32 heavy (non-hydrogen) atoms. The Bertz CT molecular complexity index is 1280. The molecule has 1 amide bonds. The van der Waals surface area contributed by atoms with E-state index in [2.05, 4.69) is 15.2 Å². The van der Waals surface area contributed by atoms with Crippen LogP contribution in [0, 0.1) is 13.8 Å². The fourth-order valence-electron chi connectivity index (χ4n) is 3.82. The van der Waals surface area contributed by atoms with Gasteiger partial charge in [0, 0.05) is 43.5 Å². The number of amides is 1. The average Bonchev–Trinajstić information content (AvgIpc) is 3.25. The molecule has 7 nitrogen and oxygen atoms in total. The second-order valence-corrected chi connectivity index (χ2v) is 7.87. The summed E-state index contributed by atoms with van der Waals surface area (Å²) in [5.74, 6) is -0.205. The number of likely N-dealkylation sites (N-methyl/N-ethyl adjacent to an activating group) is 1. The number of nitrogens with zero attached hydrogens (tertiary/aromatic N) is 6. The zero-order valence-corrected chi connectivity index (χ0v) is 18.4. The number of carbonyl (C=O) groups excluding carboxylic acids is 1. The minimum Gasteiger partial charge on any atom is -0.340 e. The van der Waals surface area contributed by atoms with Crippen molar-refractivity contribution in [2.75, 3.05) is 7.05 Å². The van der Waals surface area contributed by atoms with Crippen LogP contribution in [0.4, 0.5) is 8.78 Å². The van der Waals surface area contributed by atoms with E-state index in [1.165, 1.54) is 10.7 Å². The predicted octanol–water partition coefficient (Wildman–Crippen LogP) is 4.04. The lowest BCUT2D eigenvalue weighted by Gasteiger charge is -2.17. The topological polar surface area (TPSA) is 68.8 Å². The lowest BCUT2D eigenvalue weighted by atomic mass is 10.1. The van der Waals surface area contributed by atoms with Crippen molar-refractivity contribution < 1.29 is 13.6 Å². The van der Waals surface area contributed by atoms with Gasteiger partial charge in [0.05, 0.1) is 22.5 Å². The molecule has 166 valence electrons. The second kappa shape index (κ2) is 8.49. The van der Waals surface area contributed by atoms with Crippen LogP contribution in [0.15, 0.2) is 42.6 Å². The number of aryl methyl sites for hydroxylation is 3. The van der Waals surface area contributed by atoms with Gasteiger partial charge in [-0.15, -0.1) is 0 Å². The second-order valence-electron chi connectivity index (χ2n) is 7.87. The molecule has 0 atom stereocenters. The van der Waals surface area contributed by atoms with E-state index in [0.29, 0.717) is 23.3 Å². The Morgan fingerprint density at radius 3 is 2.47 bits per heavy atom. The van der Waals surface area contributed by atoms with Crippen LogP contribution >= 0.6 is 0 Å². The molecule has 0 N–H and O–H groups in total. The van der Waals surface area contributed by atoms with Gasteiger partial charge in [0.25, 0.3) is 6.43 Å². The summed E-state index contributed by atoms with van der Waals surface area (Å²) in [5, 5.41) is 8.96. The highest BCUT2D eigenvalue weighted by Crippen LogP contribution is 2.33. The van der Waals surface area contributed by atoms with Crippen LogP contribution in [0.3, 0.4) is 0 Å². The van der Waals surface area contributed by atoms with Gasteiger partial charge >= 0.3 is 0 Å². The van der Waals surface area contributed by atoms with Gasteiger partial charge in [0.1, 0.15) is 6.54 Å². The van der Waals surface area contributed by atoms with Crippen molar-refractivity contribution in [3.63, 3.8) is 0 Å². The molecule has 0 bridgehead atoms. The largest absolute Gasteiger partial charge is 0.340 e. The SMILES string of the molecule is Cc1nn(C)cc1CN(C)C(=O)Cn1nc(C)c2c(C(F)F)cc(-c3ccccc3)nc21. The van der Waals surface area contributed by atoms with Crippen LogP contribution in [0.25, 0.3) is 22.3 Å². The normalized spacial score (nSPS) is 11.5. The van der Waals surface area contributed by atoms with Gasteiger partial charge in [-0.05, 0) is 19.9 Å². The summed E-state index contributed by atoms with van der Waals surface area (Å²) in [5.41, 5.74) is 3.49. The summed E-state index contributed by atoms with van der Waals surface area (Å²) in [6, 6.07) is 10.5. The first-order valence-electron chi connectivity index (χ1n) is 10.2. The summed E-state index contributed by atoms with van der Waals surface area (Å²) in [4.78, 5) is 19.1. The molecule has 0 aliphatic heterocycles. The molecule has 0 spiro atoms. The number of alkyl halides is 2. The number of aromatic nitrogens is 5. The highest BCUT2D eigenvalue weighted by molar-refractivity contribution is 5.87. The van der Waals surface area contributed by atoms with Gasteiger partial charge < -0.3 is 4.90 Å². The summed E-state index contributed by atoms with van der Waals surface area (Å²) < 4.78 is 30.9. The summed E-state index contributed by atoms with van der Waals surface area (Å²) in [6.07, 6.45) is -0.818. The Kier molecular flexibility index (Phi) is 5.73. The van der Waals surface area contributed by atoms with Gasteiger partial charge in [0.15, 0.2) is 5.65 Å². The van der Waals surface area contributed by atoms with Crippen LogP contribution in [0.1, 0.15) is 28.9 Å². The van der Waals surface area contributed by atoms with E-state index in [4.69, 9.17) is 0 Å². The van der Waals surface area contributed by atoms with E-state index < -0.39 is 6.43 Å². The predicted molar refractivity (Wildman–Crippen MR) is 117 cm³/mol. The van der Waals surface area contributed by atoms with Crippen molar-refractivity contribution >= 4 is 16.9 Å². The molecule has 3 heterocycles. The first-order chi connectivity index (χ1) is 15.2. The number of carbonyl (C=O) groups is 1. The zero-order chi connectivity index (χ0) is 23.0. The number of rotatable bonds is 6. The third kappa shape index (κ3) is 4.10.